The van der Waals surface area contributed by atoms with Crippen LogP contribution < -0.4 is 5.32 Å². The minimum absolute atomic E-state index is 0.533. The van der Waals surface area contributed by atoms with Crippen molar-refractivity contribution in [2.75, 3.05) is 10.2 Å². The van der Waals surface area contributed by atoms with Crippen LogP contribution in [0, 0.1) is 0 Å². The lowest BCUT2D eigenvalue weighted by molar-refractivity contribution is 0.935. The van der Waals surface area contributed by atoms with Crippen LogP contribution in [0.1, 0.15) is 24.6 Å². The van der Waals surface area contributed by atoms with Crippen LogP contribution in [-0.2, 0) is 0 Å². The van der Waals surface area contributed by atoms with Crippen molar-refractivity contribution in [2.45, 2.75) is 18.8 Å². The van der Waals surface area contributed by atoms with Gasteiger partial charge in [-0.25, -0.2) is 4.98 Å². The van der Waals surface area contributed by atoms with Crippen molar-refractivity contribution >= 4 is 56.7 Å². The minimum atomic E-state index is 0.533. The number of fused-ring (bicyclic) bond motifs is 1. The van der Waals surface area contributed by atoms with Gasteiger partial charge in [0.2, 0.25) is 5.95 Å². The Bertz CT molecular complexity index is 1110. The molecular formula is C21H19ClIN5. The molecule has 5 rings (SSSR count). The Morgan fingerprint density at radius 1 is 1.04 bits per heavy atom. The molecule has 2 heterocycles. The van der Waals surface area contributed by atoms with E-state index in [0.29, 0.717) is 16.9 Å². The number of hydrogen-bond donors (Lipinski definition) is 2. The fourth-order valence-electron chi connectivity index (χ4n) is 3.08. The quantitative estimate of drug-likeness (QED) is 0.252. The van der Waals surface area contributed by atoms with E-state index in [2.05, 4.69) is 43.1 Å². The molecule has 0 bridgehead atoms. The normalized spacial score (nSPS) is 13.1. The number of pyridine rings is 1. The number of alkyl halides is 1. The molecule has 2 N–H and O–H groups in total. The van der Waals surface area contributed by atoms with Gasteiger partial charge in [-0.1, -0.05) is 70.6 Å². The van der Waals surface area contributed by atoms with Crippen LogP contribution in [0.5, 0.6) is 0 Å². The molecule has 1 aliphatic rings. The largest absolute Gasteiger partial charge is 0.322 e. The number of para-hydroxylation sites is 1. The number of benzene rings is 2. The van der Waals surface area contributed by atoms with Gasteiger partial charge in [0.1, 0.15) is 5.82 Å². The van der Waals surface area contributed by atoms with E-state index in [4.69, 9.17) is 16.6 Å². The Labute approximate surface area is 182 Å². The van der Waals surface area contributed by atoms with Crippen molar-refractivity contribution in [3.05, 3.63) is 65.4 Å². The fraction of sp³-hybridized carbons (Fsp3) is 0.190. The third-order valence-corrected chi connectivity index (χ3v) is 4.91. The summed E-state index contributed by atoms with van der Waals surface area (Å²) in [6.45, 7) is 0. The van der Waals surface area contributed by atoms with Gasteiger partial charge in [0, 0.05) is 21.9 Å². The van der Waals surface area contributed by atoms with Crippen LogP contribution in [-0.4, -0.2) is 25.1 Å². The van der Waals surface area contributed by atoms with E-state index in [9.17, 15) is 0 Å². The zero-order valence-electron chi connectivity index (χ0n) is 15.3. The summed E-state index contributed by atoms with van der Waals surface area (Å²) in [5.74, 6) is 2.07. The summed E-state index contributed by atoms with van der Waals surface area (Å²) in [5, 5.41) is 12.4. The maximum Gasteiger partial charge on any atom is 0.246 e. The average Bonchev–Trinajstić information content (AvgIpc) is 3.49. The van der Waals surface area contributed by atoms with Gasteiger partial charge in [-0.15, -0.1) is 5.10 Å². The molecule has 142 valence electrons. The molecule has 0 radical (unpaired) electrons. The number of halogens is 2. The summed E-state index contributed by atoms with van der Waals surface area (Å²) < 4.78 is 0. The summed E-state index contributed by atoms with van der Waals surface area (Å²) in [6.07, 6.45) is 2.37. The number of nitrogens with one attached hydrogen (secondary N) is 2. The average molecular weight is 504 g/mol. The van der Waals surface area contributed by atoms with Crippen LogP contribution >= 0.6 is 34.2 Å². The molecule has 2 aromatic carbocycles. The zero-order chi connectivity index (χ0) is 19.5. The second kappa shape index (κ2) is 8.45. The Hall–Kier alpha value is -2.19. The maximum atomic E-state index is 6.38. The molecular weight excluding hydrogens is 485 g/mol. The molecule has 2 aromatic heterocycles. The van der Waals surface area contributed by atoms with Crippen LogP contribution in [0.25, 0.3) is 22.2 Å². The molecule has 7 heteroatoms. The first-order valence-electron chi connectivity index (χ1n) is 9.00. The molecule has 0 atom stereocenters. The lowest BCUT2D eigenvalue weighted by Gasteiger charge is -2.11. The molecule has 28 heavy (non-hydrogen) atoms. The number of rotatable bonds is 4. The second-order valence-electron chi connectivity index (χ2n) is 6.50. The molecule has 0 aliphatic heterocycles. The third-order valence-electron chi connectivity index (χ3n) is 4.58. The highest BCUT2D eigenvalue weighted by Gasteiger charge is 2.27. The summed E-state index contributed by atoms with van der Waals surface area (Å²) in [4.78, 5) is 11.3. The van der Waals surface area contributed by atoms with E-state index >= 15 is 0 Å². The monoisotopic (exact) mass is 503 g/mol. The summed E-state index contributed by atoms with van der Waals surface area (Å²) in [7, 11) is 0. The molecule has 4 aromatic rings. The smallest absolute Gasteiger partial charge is 0.246 e. The number of aromatic nitrogens is 4. The first-order valence-corrected chi connectivity index (χ1v) is 11.5. The highest BCUT2D eigenvalue weighted by Crippen LogP contribution is 2.38. The van der Waals surface area contributed by atoms with Gasteiger partial charge in [-0.05, 0) is 36.0 Å². The van der Waals surface area contributed by atoms with Crippen LogP contribution in [0.3, 0.4) is 0 Å². The lowest BCUT2D eigenvalue weighted by atomic mass is 10.1. The Morgan fingerprint density at radius 2 is 1.79 bits per heavy atom. The first-order chi connectivity index (χ1) is 13.8. The molecule has 5 nitrogen and oxygen atoms in total. The van der Waals surface area contributed by atoms with Gasteiger partial charge < -0.3 is 5.32 Å². The third kappa shape index (κ3) is 3.98. The van der Waals surface area contributed by atoms with Crippen LogP contribution in [0.2, 0.25) is 5.02 Å². The SMILES string of the molecule is CI.Clc1ccccc1-c1cc(Nc2n[nH]c(C3CC3)n2)c2ccccc2n1. The van der Waals surface area contributed by atoms with Gasteiger partial charge in [0.05, 0.1) is 16.9 Å². The predicted molar refractivity (Wildman–Crippen MR) is 124 cm³/mol. The number of anilines is 2. The lowest BCUT2D eigenvalue weighted by Crippen LogP contribution is -1.97. The first kappa shape index (κ1) is 19.1. The molecule has 0 spiro atoms. The molecule has 0 unspecified atom stereocenters. The Balaban J connectivity index is 0.000000932. The fourth-order valence-corrected chi connectivity index (χ4v) is 3.31. The van der Waals surface area contributed by atoms with E-state index in [-0.39, 0.29) is 0 Å². The predicted octanol–water partition coefficient (Wildman–Crippen LogP) is 6.35. The van der Waals surface area contributed by atoms with Crippen molar-refractivity contribution in [3.8, 4) is 11.3 Å². The highest BCUT2D eigenvalue weighted by molar-refractivity contribution is 14.1. The zero-order valence-corrected chi connectivity index (χ0v) is 18.2. The van der Waals surface area contributed by atoms with Gasteiger partial charge in [-0.2, -0.15) is 4.98 Å². The van der Waals surface area contributed by atoms with Gasteiger partial charge >= 0.3 is 0 Å². The van der Waals surface area contributed by atoms with Crippen molar-refractivity contribution in [3.63, 3.8) is 0 Å². The van der Waals surface area contributed by atoms with E-state index < -0.39 is 0 Å². The van der Waals surface area contributed by atoms with Crippen LogP contribution in [0.15, 0.2) is 54.6 Å². The topological polar surface area (TPSA) is 66.5 Å². The van der Waals surface area contributed by atoms with Crippen molar-refractivity contribution < 1.29 is 0 Å². The van der Waals surface area contributed by atoms with E-state index in [1.807, 2.05) is 59.5 Å². The van der Waals surface area contributed by atoms with Crippen molar-refractivity contribution in [1.29, 1.82) is 0 Å². The molecule has 1 saturated carbocycles. The van der Waals surface area contributed by atoms with Gasteiger partial charge in [0.25, 0.3) is 0 Å². The van der Waals surface area contributed by atoms with Crippen molar-refractivity contribution in [2.24, 2.45) is 0 Å². The maximum absolute atomic E-state index is 6.38. The second-order valence-corrected chi connectivity index (χ2v) is 6.90. The highest BCUT2D eigenvalue weighted by atomic mass is 127. The molecule has 1 fully saturated rings. The van der Waals surface area contributed by atoms with Gasteiger partial charge in [0.15, 0.2) is 0 Å². The summed E-state index contributed by atoms with van der Waals surface area (Å²) in [5.41, 5.74) is 3.52. The number of nitrogens with zero attached hydrogens (tertiary/aromatic N) is 3. The van der Waals surface area contributed by atoms with Crippen LogP contribution in [0.4, 0.5) is 11.6 Å². The minimum Gasteiger partial charge on any atom is -0.322 e. The number of hydrogen-bond acceptors (Lipinski definition) is 4. The number of aromatic amines is 1. The van der Waals surface area contributed by atoms with Gasteiger partial charge in [-0.3, -0.25) is 5.10 Å². The van der Waals surface area contributed by atoms with Crippen molar-refractivity contribution in [1.82, 2.24) is 20.2 Å². The van der Waals surface area contributed by atoms with E-state index in [1.54, 1.807) is 0 Å². The molecule has 0 saturated heterocycles. The molecule has 1 aliphatic carbocycles. The van der Waals surface area contributed by atoms with E-state index in [1.165, 1.54) is 12.8 Å². The summed E-state index contributed by atoms with van der Waals surface area (Å²) in [6, 6.07) is 17.7. The standard InChI is InChI=1S/C20H16ClN5.CH3I/c21-15-7-3-1-5-13(15)17-11-18(14-6-2-4-8-16(14)22-17)23-20-24-19(25-26-20)12-9-10-12;1-2/h1-8,11-12H,9-10H2,(H2,22,23,24,25,26);1H3. The Kier molecular flexibility index (Phi) is 5.77. The number of H-pyrrole nitrogens is 1. The Morgan fingerprint density at radius 3 is 2.57 bits per heavy atom. The van der Waals surface area contributed by atoms with E-state index in [0.717, 1.165) is 33.7 Å². The summed E-state index contributed by atoms with van der Waals surface area (Å²) >= 11 is 8.53. The molecule has 0 amide bonds.